The number of thiophene rings is 1. The normalized spacial score (nSPS) is 12.7. The predicted octanol–water partition coefficient (Wildman–Crippen LogP) is 4.08. The van der Waals surface area contributed by atoms with Crippen LogP contribution in [0, 0.1) is 0 Å². The molecule has 0 aliphatic carbocycles. The Bertz CT molecular complexity index is 656. The fourth-order valence-corrected chi connectivity index (χ4v) is 3.00. The van der Waals surface area contributed by atoms with E-state index in [0.29, 0.717) is 31.6 Å². The van der Waals surface area contributed by atoms with Crippen molar-refractivity contribution in [2.75, 3.05) is 25.1 Å². The van der Waals surface area contributed by atoms with Crippen LogP contribution in [-0.2, 0) is 0 Å². The van der Waals surface area contributed by atoms with Crippen LogP contribution in [0.15, 0.2) is 40.7 Å². The molecule has 1 unspecified atom stereocenters. The van der Waals surface area contributed by atoms with Gasteiger partial charge in [0.05, 0.1) is 25.4 Å². The van der Waals surface area contributed by atoms with E-state index >= 15 is 0 Å². The second kappa shape index (κ2) is 9.17. The van der Waals surface area contributed by atoms with Crippen molar-refractivity contribution < 1.29 is 9.47 Å². The number of hydrogen-bond donors (Lipinski definition) is 2. The molecule has 5 nitrogen and oxygen atoms in total. The zero-order valence-corrected chi connectivity index (χ0v) is 15.2. The summed E-state index contributed by atoms with van der Waals surface area (Å²) in [5.74, 6) is 2.20. The smallest absolute Gasteiger partial charge is 0.193 e. The molecule has 1 heterocycles. The van der Waals surface area contributed by atoms with E-state index in [9.17, 15) is 0 Å². The Morgan fingerprint density at radius 2 is 2.04 bits per heavy atom. The molecule has 24 heavy (non-hydrogen) atoms. The minimum atomic E-state index is 0.339. The minimum absolute atomic E-state index is 0.339. The standard InChI is InChI=1S/C18H25N3O2S/c1-4-22-14-8-9-16(23-5-2)15(11-14)21-18(19)20-12-13(3)17-7-6-10-24-17/h6-11,13H,4-5,12H2,1-3H3,(H3,19,20,21). The summed E-state index contributed by atoms with van der Waals surface area (Å²) in [5.41, 5.74) is 6.80. The summed E-state index contributed by atoms with van der Waals surface area (Å²) >= 11 is 1.74. The quantitative estimate of drug-likeness (QED) is 0.558. The van der Waals surface area contributed by atoms with Crippen LogP contribution in [-0.4, -0.2) is 25.7 Å². The number of benzene rings is 1. The average molecular weight is 347 g/mol. The number of nitrogens with two attached hydrogens (primary N) is 1. The van der Waals surface area contributed by atoms with Crippen LogP contribution in [0.5, 0.6) is 11.5 Å². The van der Waals surface area contributed by atoms with Gasteiger partial charge in [0.1, 0.15) is 11.5 Å². The first-order valence-electron chi connectivity index (χ1n) is 8.14. The van der Waals surface area contributed by atoms with Gasteiger partial charge in [-0.15, -0.1) is 11.3 Å². The average Bonchev–Trinajstić information content (AvgIpc) is 3.10. The lowest BCUT2D eigenvalue weighted by molar-refractivity contribution is 0.332. The Morgan fingerprint density at radius 3 is 2.71 bits per heavy atom. The summed E-state index contributed by atoms with van der Waals surface area (Å²) < 4.78 is 11.2. The minimum Gasteiger partial charge on any atom is -0.494 e. The van der Waals surface area contributed by atoms with Gasteiger partial charge in [0, 0.05) is 16.9 Å². The summed E-state index contributed by atoms with van der Waals surface area (Å²) in [6.45, 7) is 7.86. The number of anilines is 1. The predicted molar refractivity (Wildman–Crippen MR) is 102 cm³/mol. The molecule has 0 bridgehead atoms. The summed E-state index contributed by atoms with van der Waals surface area (Å²) in [4.78, 5) is 5.75. The van der Waals surface area contributed by atoms with Crippen molar-refractivity contribution in [3.05, 3.63) is 40.6 Å². The van der Waals surface area contributed by atoms with Gasteiger partial charge in [0.25, 0.3) is 0 Å². The molecule has 0 fully saturated rings. The molecule has 2 aromatic rings. The van der Waals surface area contributed by atoms with Gasteiger partial charge >= 0.3 is 0 Å². The Kier molecular flexibility index (Phi) is 6.93. The third-order valence-electron chi connectivity index (χ3n) is 3.39. The lowest BCUT2D eigenvalue weighted by atomic mass is 10.1. The first-order chi connectivity index (χ1) is 11.6. The van der Waals surface area contributed by atoms with E-state index in [4.69, 9.17) is 15.2 Å². The number of nitrogens with one attached hydrogen (secondary N) is 1. The molecule has 1 aromatic carbocycles. The van der Waals surface area contributed by atoms with Crippen LogP contribution in [0.3, 0.4) is 0 Å². The molecule has 6 heteroatoms. The maximum Gasteiger partial charge on any atom is 0.193 e. The molecule has 0 aliphatic heterocycles. The number of aliphatic imine (C=N–C) groups is 1. The fraction of sp³-hybridized carbons (Fsp3) is 0.389. The molecule has 2 rings (SSSR count). The van der Waals surface area contributed by atoms with Gasteiger partial charge in [-0.2, -0.15) is 0 Å². The van der Waals surface area contributed by atoms with Crippen molar-refractivity contribution in [2.24, 2.45) is 10.7 Å². The van der Waals surface area contributed by atoms with Crippen LogP contribution in [0.4, 0.5) is 5.69 Å². The molecule has 0 saturated carbocycles. The molecule has 0 aliphatic rings. The van der Waals surface area contributed by atoms with Crippen molar-refractivity contribution in [1.82, 2.24) is 0 Å². The fourth-order valence-electron chi connectivity index (χ4n) is 2.22. The van der Waals surface area contributed by atoms with Crippen molar-refractivity contribution >= 4 is 23.0 Å². The second-order valence-corrected chi connectivity index (χ2v) is 6.27. The van der Waals surface area contributed by atoms with Gasteiger partial charge in [-0.1, -0.05) is 13.0 Å². The van der Waals surface area contributed by atoms with Gasteiger partial charge in [0.2, 0.25) is 0 Å². The number of nitrogens with zero attached hydrogens (tertiary/aromatic N) is 1. The Morgan fingerprint density at radius 1 is 1.25 bits per heavy atom. The lowest BCUT2D eigenvalue weighted by Gasteiger charge is -2.14. The van der Waals surface area contributed by atoms with E-state index in [1.165, 1.54) is 4.88 Å². The van der Waals surface area contributed by atoms with E-state index in [1.54, 1.807) is 11.3 Å². The Balaban J connectivity index is 2.06. The molecule has 1 aromatic heterocycles. The molecule has 0 saturated heterocycles. The highest BCUT2D eigenvalue weighted by Crippen LogP contribution is 2.29. The third kappa shape index (κ3) is 5.16. The topological polar surface area (TPSA) is 68.9 Å². The van der Waals surface area contributed by atoms with Gasteiger partial charge < -0.3 is 20.5 Å². The van der Waals surface area contributed by atoms with Crippen molar-refractivity contribution in [3.8, 4) is 11.5 Å². The summed E-state index contributed by atoms with van der Waals surface area (Å²) in [5, 5.41) is 5.20. The van der Waals surface area contributed by atoms with Crippen molar-refractivity contribution in [1.29, 1.82) is 0 Å². The lowest BCUT2D eigenvalue weighted by Crippen LogP contribution is -2.24. The monoisotopic (exact) mass is 347 g/mol. The van der Waals surface area contributed by atoms with Crippen LogP contribution >= 0.6 is 11.3 Å². The van der Waals surface area contributed by atoms with E-state index in [2.05, 4.69) is 34.7 Å². The maximum atomic E-state index is 6.04. The van der Waals surface area contributed by atoms with E-state index < -0.39 is 0 Å². The van der Waals surface area contributed by atoms with Crippen molar-refractivity contribution in [2.45, 2.75) is 26.7 Å². The van der Waals surface area contributed by atoms with E-state index in [-0.39, 0.29) is 0 Å². The van der Waals surface area contributed by atoms with Crippen LogP contribution in [0.25, 0.3) is 0 Å². The number of ether oxygens (including phenoxy) is 2. The largest absolute Gasteiger partial charge is 0.494 e. The number of hydrogen-bond acceptors (Lipinski definition) is 4. The van der Waals surface area contributed by atoms with E-state index in [1.807, 2.05) is 32.0 Å². The molecule has 1 atom stereocenters. The maximum absolute atomic E-state index is 6.04. The van der Waals surface area contributed by atoms with Crippen LogP contribution < -0.4 is 20.5 Å². The van der Waals surface area contributed by atoms with Gasteiger partial charge in [-0.25, -0.2) is 0 Å². The highest BCUT2D eigenvalue weighted by molar-refractivity contribution is 7.10. The second-order valence-electron chi connectivity index (χ2n) is 5.29. The van der Waals surface area contributed by atoms with Gasteiger partial charge in [-0.05, 0) is 37.4 Å². The highest BCUT2D eigenvalue weighted by Gasteiger charge is 2.09. The molecule has 0 radical (unpaired) electrons. The molecule has 3 N–H and O–H groups in total. The van der Waals surface area contributed by atoms with Crippen molar-refractivity contribution in [3.63, 3.8) is 0 Å². The summed E-state index contributed by atoms with van der Waals surface area (Å²) in [6, 6.07) is 9.80. The molecule has 0 spiro atoms. The first-order valence-corrected chi connectivity index (χ1v) is 9.02. The van der Waals surface area contributed by atoms with Crippen LogP contribution in [0.2, 0.25) is 0 Å². The third-order valence-corrected chi connectivity index (χ3v) is 4.49. The zero-order valence-electron chi connectivity index (χ0n) is 14.4. The van der Waals surface area contributed by atoms with Gasteiger partial charge in [0.15, 0.2) is 5.96 Å². The molecule has 130 valence electrons. The Hall–Kier alpha value is -2.21. The first kappa shape index (κ1) is 18.1. The zero-order chi connectivity index (χ0) is 17.4. The summed E-state index contributed by atoms with van der Waals surface area (Å²) in [6.07, 6.45) is 0. The Labute approximate surface area is 147 Å². The number of rotatable bonds is 8. The molecular formula is C18H25N3O2S. The molecular weight excluding hydrogens is 322 g/mol. The van der Waals surface area contributed by atoms with Crippen LogP contribution in [0.1, 0.15) is 31.6 Å². The number of guanidine groups is 1. The van der Waals surface area contributed by atoms with Gasteiger partial charge in [-0.3, -0.25) is 4.99 Å². The highest BCUT2D eigenvalue weighted by atomic mass is 32.1. The molecule has 0 amide bonds. The van der Waals surface area contributed by atoms with E-state index in [0.717, 1.165) is 17.2 Å². The SMILES string of the molecule is CCOc1ccc(OCC)c(NC(N)=NCC(C)c2cccs2)c1. The summed E-state index contributed by atoms with van der Waals surface area (Å²) in [7, 11) is 0.